The number of ether oxygens (including phenoxy) is 1. The maximum absolute atomic E-state index is 14.2. The van der Waals surface area contributed by atoms with Gasteiger partial charge in [-0.1, -0.05) is 51.9 Å². The molecule has 2 rings (SSSR count). The van der Waals surface area contributed by atoms with E-state index in [1.54, 1.807) is 6.92 Å². The molecule has 0 spiro atoms. The summed E-state index contributed by atoms with van der Waals surface area (Å²) in [6.45, 7) is 11.1. The predicted octanol–water partition coefficient (Wildman–Crippen LogP) is 3.69. The molecule has 1 aromatic carbocycles. The van der Waals surface area contributed by atoms with Crippen molar-refractivity contribution in [3.05, 3.63) is 29.1 Å². The molecule has 0 amide bonds. The van der Waals surface area contributed by atoms with Gasteiger partial charge in [0.25, 0.3) is 0 Å². The van der Waals surface area contributed by atoms with E-state index in [1.165, 1.54) is 13.2 Å². The molecule has 2 nitrogen and oxygen atoms in total. The first-order valence-corrected chi connectivity index (χ1v) is 7.47. The number of carbonyl (C=O) groups excluding carboxylic acids is 1. The van der Waals surface area contributed by atoms with Crippen LogP contribution in [0.5, 0.6) is 0 Å². The topological polar surface area (TPSA) is 26.3 Å². The predicted molar refractivity (Wildman–Crippen MR) is 85.0 cm³/mol. The number of esters is 1. The van der Waals surface area contributed by atoms with Gasteiger partial charge in [-0.3, -0.25) is 0 Å². The number of benzene rings is 1. The zero-order valence-electron chi connectivity index (χ0n) is 13.8. The first-order chi connectivity index (χ1) is 9.59. The maximum atomic E-state index is 14.2. The Morgan fingerprint density at radius 1 is 1.19 bits per heavy atom. The van der Waals surface area contributed by atoms with Crippen molar-refractivity contribution >= 4 is 18.1 Å². The Balaban J connectivity index is 2.46. The van der Waals surface area contributed by atoms with E-state index in [2.05, 4.69) is 27.7 Å². The third kappa shape index (κ3) is 2.73. The molecular weight excluding hydrogens is 266 g/mol. The number of hydrogen-bond donors (Lipinski definition) is 0. The molecule has 1 aliphatic rings. The fourth-order valence-corrected chi connectivity index (χ4v) is 3.44. The van der Waals surface area contributed by atoms with Crippen LogP contribution in [0.4, 0.5) is 4.39 Å². The standard InChI is InChI=1S/C17H24BFO2/c1-11-13(7-12(8-14(11)19)15(20)21-6)18-9-16(2,3)17(4,5)10-18/h7-8H,9-10H2,1-6H3. The van der Waals surface area contributed by atoms with Crippen molar-refractivity contribution in [3.8, 4) is 0 Å². The van der Waals surface area contributed by atoms with Gasteiger partial charge in [0.05, 0.1) is 12.7 Å². The van der Waals surface area contributed by atoms with Gasteiger partial charge in [-0.15, -0.1) is 0 Å². The Kier molecular flexibility index (Phi) is 3.94. The summed E-state index contributed by atoms with van der Waals surface area (Å²) < 4.78 is 18.9. The molecule has 21 heavy (non-hydrogen) atoms. The van der Waals surface area contributed by atoms with Gasteiger partial charge in [0.15, 0.2) is 6.71 Å². The normalized spacial score (nSPS) is 19.7. The number of methoxy groups -OCH3 is 1. The van der Waals surface area contributed by atoms with Gasteiger partial charge in [-0.2, -0.15) is 0 Å². The van der Waals surface area contributed by atoms with Gasteiger partial charge in [0.2, 0.25) is 0 Å². The second-order valence-electron chi connectivity index (χ2n) is 7.54. The summed E-state index contributed by atoms with van der Waals surface area (Å²) in [6, 6.07) is 3.09. The smallest absolute Gasteiger partial charge is 0.337 e. The van der Waals surface area contributed by atoms with Crippen molar-refractivity contribution < 1.29 is 13.9 Å². The Labute approximate surface area is 127 Å². The lowest BCUT2D eigenvalue weighted by atomic mass is 9.41. The van der Waals surface area contributed by atoms with Crippen LogP contribution in [0.15, 0.2) is 12.1 Å². The summed E-state index contributed by atoms with van der Waals surface area (Å²) in [5, 5.41) is 0. The zero-order chi connectivity index (χ0) is 16.0. The lowest BCUT2D eigenvalue weighted by Gasteiger charge is -2.35. The van der Waals surface area contributed by atoms with Gasteiger partial charge in [0, 0.05) is 0 Å². The molecule has 1 fully saturated rings. The highest BCUT2D eigenvalue weighted by Crippen LogP contribution is 2.52. The Morgan fingerprint density at radius 3 is 2.19 bits per heavy atom. The van der Waals surface area contributed by atoms with Crippen LogP contribution in [0.25, 0.3) is 0 Å². The molecule has 114 valence electrons. The average Bonchev–Trinajstić information content (AvgIpc) is 2.60. The summed E-state index contributed by atoms with van der Waals surface area (Å²) in [5.74, 6) is -0.804. The van der Waals surface area contributed by atoms with E-state index in [4.69, 9.17) is 4.74 Å². The second kappa shape index (κ2) is 5.15. The first kappa shape index (κ1) is 16.1. The van der Waals surface area contributed by atoms with E-state index in [1.807, 2.05) is 6.07 Å². The van der Waals surface area contributed by atoms with Crippen LogP contribution in [0.2, 0.25) is 12.6 Å². The van der Waals surface area contributed by atoms with Crippen LogP contribution in [0, 0.1) is 23.6 Å². The molecule has 0 unspecified atom stereocenters. The van der Waals surface area contributed by atoms with Gasteiger partial charge in [-0.05, 0) is 29.4 Å². The van der Waals surface area contributed by atoms with E-state index in [0.29, 0.717) is 11.1 Å². The minimum Gasteiger partial charge on any atom is -0.465 e. The molecule has 0 aromatic heterocycles. The molecule has 0 saturated carbocycles. The van der Waals surface area contributed by atoms with E-state index in [0.717, 1.165) is 18.1 Å². The zero-order valence-corrected chi connectivity index (χ0v) is 13.8. The van der Waals surface area contributed by atoms with Crippen LogP contribution in [-0.2, 0) is 4.74 Å². The number of hydrogen-bond acceptors (Lipinski definition) is 2. The molecule has 1 saturated heterocycles. The lowest BCUT2D eigenvalue weighted by Crippen LogP contribution is -2.32. The highest BCUT2D eigenvalue weighted by Gasteiger charge is 2.48. The van der Waals surface area contributed by atoms with Crippen molar-refractivity contribution in [1.29, 1.82) is 0 Å². The van der Waals surface area contributed by atoms with Gasteiger partial charge in [0.1, 0.15) is 5.82 Å². The minimum atomic E-state index is -0.480. The SMILES string of the molecule is COC(=O)c1cc(F)c(C)c(B2CC(C)(C)C(C)(C)C2)c1. The first-order valence-electron chi connectivity index (χ1n) is 7.47. The van der Waals surface area contributed by atoms with Gasteiger partial charge >= 0.3 is 5.97 Å². The van der Waals surface area contributed by atoms with Crippen LogP contribution >= 0.6 is 0 Å². The molecule has 0 atom stereocenters. The van der Waals surface area contributed by atoms with Gasteiger partial charge < -0.3 is 4.74 Å². The van der Waals surface area contributed by atoms with E-state index in [9.17, 15) is 9.18 Å². The van der Waals surface area contributed by atoms with Crippen LogP contribution < -0.4 is 5.46 Å². The van der Waals surface area contributed by atoms with E-state index < -0.39 is 5.97 Å². The average molecular weight is 290 g/mol. The Morgan fingerprint density at radius 2 is 1.71 bits per heavy atom. The van der Waals surface area contributed by atoms with Crippen LogP contribution in [0.1, 0.15) is 43.6 Å². The number of carbonyl (C=O) groups is 1. The number of halogens is 1. The highest BCUT2D eigenvalue weighted by molar-refractivity contribution is 6.74. The van der Waals surface area contributed by atoms with Crippen LogP contribution in [0.3, 0.4) is 0 Å². The molecule has 4 heteroatoms. The maximum Gasteiger partial charge on any atom is 0.337 e. The third-order valence-corrected chi connectivity index (χ3v) is 5.59. The summed E-state index contributed by atoms with van der Waals surface area (Å²) >= 11 is 0. The van der Waals surface area contributed by atoms with Crippen LogP contribution in [-0.4, -0.2) is 19.8 Å². The van der Waals surface area contributed by atoms with Crippen molar-refractivity contribution in [2.75, 3.05) is 7.11 Å². The Hall–Kier alpha value is -1.32. The summed E-state index contributed by atoms with van der Waals surface area (Å²) in [4.78, 5) is 11.7. The van der Waals surface area contributed by atoms with Crippen molar-refractivity contribution in [3.63, 3.8) is 0 Å². The van der Waals surface area contributed by atoms with E-state index >= 15 is 0 Å². The summed E-state index contributed by atoms with van der Waals surface area (Å²) in [6.07, 6.45) is 2.01. The molecule has 1 aliphatic heterocycles. The quantitative estimate of drug-likeness (QED) is 0.613. The molecular formula is C17H24BFO2. The Bertz CT molecular complexity index is 562. The molecule has 0 aliphatic carbocycles. The largest absolute Gasteiger partial charge is 0.465 e. The summed E-state index contributed by atoms with van der Waals surface area (Å²) in [7, 11) is 1.32. The monoisotopic (exact) mass is 290 g/mol. The summed E-state index contributed by atoms with van der Waals surface area (Å²) in [5.41, 5.74) is 2.30. The van der Waals surface area contributed by atoms with Gasteiger partial charge in [-0.25, -0.2) is 9.18 Å². The molecule has 0 N–H and O–H groups in total. The van der Waals surface area contributed by atoms with Crippen molar-refractivity contribution in [2.45, 2.75) is 47.3 Å². The van der Waals surface area contributed by atoms with Crippen molar-refractivity contribution in [1.82, 2.24) is 0 Å². The second-order valence-corrected chi connectivity index (χ2v) is 7.54. The lowest BCUT2D eigenvalue weighted by molar-refractivity contribution is 0.0600. The molecule has 0 bridgehead atoms. The molecule has 1 heterocycles. The van der Waals surface area contributed by atoms with E-state index in [-0.39, 0.29) is 23.4 Å². The van der Waals surface area contributed by atoms with Crippen molar-refractivity contribution in [2.24, 2.45) is 10.8 Å². The number of rotatable bonds is 2. The highest BCUT2D eigenvalue weighted by atomic mass is 19.1. The fraction of sp³-hybridized carbons (Fsp3) is 0.588. The molecule has 0 radical (unpaired) electrons. The third-order valence-electron chi connectivity index (χ3n) is 5.59. The molecule has 1 aromatic rings. The minimum absolute atomic E-state index is 0.196. The fourth-order valence-electron chi connectivity index (χ4n) is 3.44.